The molecule has 6 heteroatoms. The number of morpholine rings is 1. The molecule has 1 aliphatic rings. The standard InChI is InChI=1S/C27H28N4O2/c1-17-8-9-23-22(12-17)26(30-29-23)27(32)31-10-11-33-25(16-31)24-15-20(13-19(3)28-24)14-21-7-5-4-6-18(21)2/h4-9,12-13,15,25H,10-11,14,16H2,1-3H3,(H,29,30). The van der Waals surface area contributed by atoms with E-state index in [9.17, 15) is 4.79 Å². The van der Waals surface area contributed by atoms with Crippen molar-refractivity contribution >= 4 is 16.8 Å². The zero-order valence-corrected chi connectivity index (χ0v) is 19.3. The minimum Gasteiger partial charge on any atom is -0.368 e. The van der Waals surface area contributed by atoms with Gasteiger partial charge in [-0.3, -0.25) is 14.9 Å². The van der Waals surface area contributed by atoms with E-state index in [-0.39, 0.29) is 12.0 Å². The van der Waals surface area contributed by atoms with E-state index in [1.807, 2.05) is 36.9 Å². The van der Waals surface area contributed by atoms with E-state index in [1.54, 1.807) is 0 Å². The van der Waals surface area contributed by atoms with Crippen molar-refractivity contribution in [2.45, 2.75) is 33.3 Å². The molecule has 1 amide bonds. The number of hydrogen-bond donors (Lipinski definition) is 1. The van der Waals surface area contributed by atoms with Crippen LogP contribution in [0.3, 0.4) is 0 Å². The molecule has 0 spiro atoms. The summed E-state index contributed by atoms with van der Waals surface area (Å²) in [6.45, 7) is 7.63. The Morgan fingerprint density at radius 1 is 1.12 bits per heavy atom. The van der Waals surface area contributed by atoms with Gasteiger partial charge in [-0.25, -0.2) is 0 Å². The van der Waals surface area contributed by atoms with Gasteiger partial charge in [0, 0.05) is 17.6 Å². The highest BCUT2D eigenvalue weighted by molar-refractivity contribution is 6.04. The Kier molecular flexibility index (Phi) is 5.68. The summed E-state index contributed by atoms with van der Waals surface area (Å²) in [7, 11) is 0. The molecule has 1 saturated heterocycles. The molecule has 0 bridgehead atoms. The van der Waals surface area contributed by atoms with E-state index in [1.165, 1.54) is 16.7 Å². The van der Waals surface area contributed by atoms with Crippen molar-refractivity contribution < 1.29 is 9.53 Å². The highest BCUT2D eigenvalue weighted by Crippen LogP contribution is 2.26. The number of amides is 1. The minimum absolute atomic E-state index is 0.0760. The molecule has 5 rings (SSSR count). The summed E-state index contributed by atoms with van der Waals surface area (Å²) in [4.78, 5) is 19.9. The number of nitrogens with zero attached hydrogens (tertiary/aromatic N) is 3. The largest absolute Gasteiger partial charge is 0.368 e. The lowest BCUT2D eigenvalue weighted by atomic mass is 9.99. The lowest BCUT2D eigenvalue weighted by molar-refractivity contribution is -0.0249. The minimum atomic E-state index is -0.259. The number of aromatic nitrogens is 3. The van der Waals surface area contributed by atoms with Gasteiger partial charge in [-0.15, -0.1) is 0 Å². The van der Waals surface area contributed by atoms with Crippen LogP contribution in [-0.4, -0.2) is 45.7 Å². The predicted molar refractivity (Wildman–Crippen MR) is 128 cm³/mol. The highest BCUT2D eigenvalue weighted by atomic mass is 16.5. The first-order chi connectivity index (χ1) is 16.0. The molecular weight excluding hydrogens is 412 g/mol. The van der Waals surface area contributed by atoms with E-state index >= 15 is 0 Å². The third-order valence-electron chi connectivity index (χ3n) is 6.29. The van der Waals surface area contributed by atoms with Crippen molar-refractivity contribution in [2.75, 3.05) is 19.7 Å². The molecule has 0 radical (unpaired) electrons. The van der Waals surface area contributed by atoms with Crippen molar-refractivity contribution in [3.63, 3.8) is 0 Å². The van der Waals surface area contributed by atoms with Gasteiger partial charge in [-0.1, -0.05) is 35.9 Å². The van der Waals surface area contributed by atoms with Crippen LogP contribution in [0, 0.1) is 20.8 Å². The normalized spacial score (nSPS) is 16.3. The van der Waals surface area contributed by atoms with Crippen molar-refractivity contribution in [1.82, 2.24) is 20.1 Å². The van der Waals surface area contributed by atoms with Gasteiger partial charge in [0.05, 0.1) is 24.4 Å². The lowest BCUT2D eigenvalue weighted by Gasteiger charge is -2.32. The Morgan fingerprint density at radius 2 is 1.97 bits per heavy atom. The number of aromatic amines is 1. The van der Waals surface area contributed by atoms with E-state index in [0.717, 1.165) is 34.3 Å². The number of fused-ring (bicyclic) bond motifs is 1. The van der Waals surface area contributed by atoms with Crippen molar-refractivity contribution in [2.24, 2.45) is 0 Å². The van der Waals surface area contributed by atoms with Gasteiger partial charge in [0.25, 0.3) is 5.91 Å². The topological polar surface area (TPSA) is 71.1 Å². The number of hydrogen-bond acceptors (Lipinski definition) is 4. The molecule has 33 heavy (non-hydrogen) atoms. The maximum absolute atomic E-state index is 13.3. The van der Waals surface area contributed by atoms with Gasteiger partial charge in [-0.2, -0.15) is 5.10 Å². The molecule has 6 nitrogen and oxygen atoms in total. The molecule has 1 N–H and O–H groups in total. The fourth-order valence-electron chi connectivity index (χ4n) is 4.52. The summed E-state index contributed by atoms with van der Waals surface area (Å²) in [6.07, 6.45) is 0.585. The van der Waals surface area contributed by atoms with Crippen LogP contribution in [0.2, 0.25) is 0 Å². The molecule has 2 aromatic carbocycles. The number of ether oxygens (including phenoxy) is 1. The van der Waals surface area contributed by atoms with Crippen LogP contribution in [0.15, 0.2) is 54.6 Å². The molecule has 1 fully saturated rings. The van der Waals surface area contributed by atoms with E-state index < -0.39 is 0 Å². The Morgan fingerprint density at radius 3 is 2.82 bits per heavy atom. The number of carbonyl (C=O) groups is 1. The van der Waals surface area contributed by atoms with Crippen molar-refractivity contribution in [1.29, 1.82) is 0 Å². The molecule has 1 unspecified atom stereocenters. The average molecular weight is 441 g/mol. The number of pyridine rings is 1. The maximum atomic E-state index is 13.3. The van der Waals surface area contributed by atoms with E-state index in [2.05, 4.69) is 53.5 Å². The zero-order chi connectivity index (χ0) is 22.9. The predicted octanol–water partition coefficient (Wildman–Crippen LogP) is 4.69. The van der Waals surface area contributed by atoms with Gasteiger partial charge in [0.2, 0.25) is 0 Å². The summed E-state index contributed by atoms with van der Waals surface area (Å²) in [6, 6.07) is 18.7. The van der Waals surface area contributed by atoms with Crippen molar-refractivity contribution in [3.8, 4) is 0 Å². The summed E-state index contributed by atoms with van der Waals surface area (Å²) in [5.74, 6) is -0.0760. The van der Waals surface area contributed by atoms with Crippen LogP contribution >= 0.6 is 0 Å². The second-order valence-electron chi connectivity index (χ2n) is 8.88. The third kappa shape index (κ3) is 4.39. The van der Waals surface area contributed by atoms with Crippen LogP contribution in [0.25, 0.3) is 10.9 Å². The number of rotatable bonds is 4. The zero-order valence-electron chi connectivity index (χ0n) is 19.3. The number of carbonyl (C=O) groups excluding carboxylic acids is 1. The smallest absolute Gasteiger partial charge is 0.275 e. The SMILES string of the molecule is Cc1ccc2[nH]nc(C(=O)N3CCOC(c4cc(Cc5ccccc5C)cc(C)n4)C3)c2c1. The molecular formula is C27H28N4O2. The Bertz CT molecular complexity index is 1330. The van der Waals surface area contributed by atoms with Gasteiger partial charge >= 0.3 is 0 Å². The van der Waals surface area contributed by atoms with Crippen LogP contribution in [-0.2, 0) is 11.2 Å². The molecule has 4 aromatic rings. The number of benzene rings is 2. The summed E-state index contributed by atoms with van der Waals surface area (Å²) in [5.41, 5.74) is 8.05. The fourth-order valence-corrected chi connectivity index (χ4v) is 4.52. The van der Waals surface area contributed by atoms with Gasteiger partial charge in [0.1, 0.15) is 6.10 Å². The third-order valence-corrected chi connectivity index (χ3v) is 6.29. The van der Waals surface area contributed by atoms with Gasteiger partial charge in [0.15, 0.2) is 5.69 Å². The first kappa shape index (κ1) is 21.3. The van der Waals surface area contributed by atoms with Crippen LogP contribution in [0.5, 0.6) is 0 Å². The van der Waals surface area contributed by atoms with Crippen LogP contribution in [0.4, 0.5) is 0 Å². The van der Waals surface area contributed by atoms with Crippen LogP contribution in [0.1, 0.15) is 50.2 Å². The molecule has 0 saturated carbocycles. The maximum Gasteiger partial charge on any atom is 0.275 e. The Balaban J connectivity index is 1.38. The highest BCUT2D eigenvalue weighted by Gasteiger charge is 2.29. The van der Waals surface area contributed by atoms with E-state index in [0.29, 0.717) is 25.4 Å². The molecule has 1 atom stereocenters. The monoisotopic (exact) mass is 440 g/mol. The second-order valence-corrected chi connectivity index (χ2v) is 8.88. The summed E-state index contributed by atoms with van der Waals surface area (Å²) in [5, 5.41) is 8.16. The fraction of sp³-hybridized carbons (Fsp3) is 0.296. The van der Waals surface area contributed by atoms with Gasteiger partial charge < -0.3 is 9.64 Å². The first-order valence-electron chi connectivity index (χ1n) is 11.4. The molecule has 0 aliphatic carbocycles. The van der Waals surface area contributed by atoms with Gasteiger partial charge in [-0.05, 0) is 68.1 Å². The summed E-state index contributed by atoms with van der Waals surface area (Å²) >= 11 is 0. The molecule has 168 valence electrons. The number of H-pyrrole nitrogens is 1. The Labute approximate surface area is 193 Å². The molecule has 1 aliphatic heterocycles. The molecule has 2 aromatic heterocycles. The second kappa shape index (κ2) is 8.79. The first-order valence-corrected chi connectivity index (χ1v) is 11.4. The van der Waals surface area contributed by atoms with E-state index in [4.69, 9.17) is 9.72 Å². The molecule has 3 heterocycles. The lowest BCUT2D eigenvalue weighted by Crippen LogP contribution is -2.42. The van der Waals surface area contributed by atoms with Crippen LogP contribution < -0.4 is 0 Å². The number of aryl methyl sites for hydroxylation is 3. The summed E-state index contributed by atoms with van der Waals surface area (Å²) < 4.78 is 6.07. The van der Waals surface area contributed by atoms with Crippen molar-refractivity contribution in [3.05, 3.63) is 93.9 Å². The Hall–Kier alpha value is -3.51. The quantitative estimate of drug-likeness (QED) is 0.500. The number of nitrogens with one attached hydrogen (secondary N) is 1. The average Bonchev–Trinajstić information content (AvgIpc) is 3.23.